The van der Waals surface area contributed by atoms with Crippen LogP contribution in [0.3, 0.4) is 0 Å². The van der Waals surface area contributed by atoms with Gasteiger partial charge in [-0.25, -0.2) is 9.13 Å². The summed E-state index contributed by atoms with van der Waals surface area (Å²) < 4.78 is 68.0. The average molecular weight is 1240 g/mol. The van der Waals surface area contributed by atoms with Crippen molar-refractivity contribution in [3.05, 3.63) is 0 Å². The number of rotatable bonds is 65. The summed E-state index contributed by atoms with van der Waals surface area (Å²) in [6.07, 6.45) is 43.0. The van der Waals surface area contributed by atoms with Gasteiger partial charge < -0.3 is 33.8 Å². The van der Waals surface area contributed by atoms with Crippen molar-refractivity contribution in [3.8, 4) is 0 Å². The smallest absolute Gasteiger partial charge is 0.462 e. The molecule has 498 valence electrons. The van der Waals surface area contributed by atoms with Crippen molar-refractivity contribution in [2.75, 3.05) is 39.6 Å². The van der Waals surface area contributed by atoms with Crippen LogP contribution < -0.4 is 0 Å². The van der Waals surface area contributed by atoms with Crippen LogP contribution in [0.2, 0.25) is 0 Å². The van der Waals surface area contributed by atoms with Crippen molar-refractivity contribution in [3.63, 3.8) is 0 Å². The molecule has 17 nitrogen and oxygen atoms in total. The molecule has 84 heavy (non-hydrogen) atoms. The fourth-order valence-corrected chi connectivity index (χ4v) is 11.3. The van der Waals surface area contributed by atoms with Gasteiger partial charge in [0.15, 0.2) is 12.2 Å². The summed E-state index contributed by atoms with van der Waals surface area (Å²) in [5, 5.41) is 10.5. The van der Waals surface area contributed by atoms with Gasteiger partial charge in [0.2, 0.25) is 0 Å². The maximum absolute atomic E-state index is 13.0. The first-order valence-corrected chi connectivity index (χ1v) is 37.1. The van der Waals surface area contributed by atoms with E-state index in [2.05, 4.69) is 34.6 Å². The van der Waals surface area contributed by atoms with Crippen LogP contribution in [0.15, 0.2) is 0 Å². The molecule has 0 aliphatic carbocycles. The number of unbranched alkanes of at least 4 members (excludes halogenated alkanes) is 37. The molecule has 0 saturated heterocycles. The van der Waals surface area contributed by atoms with Crippen molar-refractivity contribution in [1.29, 1.82) is 0 Å². The van der Waals surface area contributed by atoms with E-state index in [1.165, 1.54) is 148 Å². The van der Waals surface area contributed by atoms with E-state index in [9.17, 15) is 43.2 Å². The van der Waals surface area contributed by atoms with Crippen molar-refractivity contribution in [1.82, 2.24) is 0 Å². The molecule has 2 unspecified atom stereocenters. The van der Waals surface area contributed by atoms with Gasteiger partial charge in [0.25, 0.3) is 0 Å². The van der Waals surface area contributed by atoms with Gasteiger partial charge in [-0.1, -0.05) is 279 Å². The molecular formula is C65H126O17P2. The maximum atomic E-state index is 13.0. The van der Waals surface area contributed by atoms with E-state index >= 15 is 0 Å². The average Bonchev–Trinajstić information content (AvgIpc) is 3.58. The van der Waals surface area contributed by atoms with Crippen molar-refractivity contribution < 1.29 is 80.2 Å². The lowest BCUT2D eigenvalue weighted by Gasteiger charge is -2.21. The summed E-state index contributed by atoms with van der Waals surface area (Å²) in [5.74, 6) is -1.36. The monoisotopic (exact) mass is 1240 g/mol. The van der Waals surface area contributed by atoms with Gasteiger partial charge in [-0.3, -0.25) is 37.3 Å². The third-order valence-corrected chi connectivity index (χ3v) is 16.9. The van der Waals surface area contributed by atoms with E-state index in [4.69, 9.17) is 37.0 Å². The van der Waals surface area contributed by atoms with E-state index in [-0.39, 0.29) is 25.7 Å². The van der Waals surface area contributed by atoms with Crippen molar-refractivity contribution in [2.24, 2.45) is 5.92 Å². The van der Waals surface area contributed by atoms with Gasteiger partial charge in [0.05, 0.1) is 26.4 Å². The molecule has 0 amide bonds. The molecule has 0 saturated carbocycles. The topological polar surface area (TPSA) is 237 Å². The zero-order valence-electron chi connectivity index (χ0n) is 54.0. The number of carbonyl (C=O) groups is 4. The Bertz CT molecular complexity index is 1640. The summed E-state index contributed by atoms with van der Waals surface area (Å²) in [7, 11) is -9.88. The van der Waals surface area contributed by atoms with E-state index in [0.717, 1.165) is 102 Å². The minimum Gasteiger partial charge on any atom is -0.462 e. The normalized spacial score (nSPS) is 14.2. The van der Waals surface area contributed by atoms with Gasteiger partial charge in [-0.2, -0.15) is 0 Å². The summed E-state index contributed by atoms with van der Waals surface area (Å²) in [6.45, 7) is 7.18. The summed E-state index contributed by atoms with van der Waals surface area (Å²) in [4.78, 5) is 72.2. The maximum Gasteiger partial charge on any atom is 0.472 e. The predicted molar refractivity (Wildman–Crippen MR) is 335 cm³/mol. The highest BCUT2D eigenvalue weighted by Gasteiger charge is 2.30. The molecule has 0 radical (unpaired) electrons. The van der Waals surface area contributed by atoms with Crippen LogP contribution in [-0.2, 0) is 65.4 Å². The van der Waals surface area contributed by atoms with Gasteiger partial charge in [0.1, 0.15) is 19.3 Å². The van der Waals surface area contributed by atoms with Crippen LogP contribution >= 0.6 is 15.6 Å². The second kappa shape index (κ2) is 58.7. The molecular weight excluding hydrogens is 1110 g/mol. The van der Waals surface area contributed by atoms with Crippen molar-refractivity contribution >= 4 is 39.5 Å². The van der Waals surface area contributed by atoms with E-state index < -0.39 is 97.5 Å². The highest BCUT2D eigenvalue weighted by Crippen LogP contribution is 2.45. The van der Waals surface area contributed by atoms with Crippen molar-refractivity contribution in [2.45, 2.75) is 348 Å². The molecule has 0 aromatic heterocycles. The molecule has 3 N–H and O–H groups in total. The molecule has 19 heteroatoms. The SMILES string of the molecule is CCCCCCCCCCCCCC(=O)OC[C@H](COP(=O)(O)OC[C@@H](O)COP(=O)(O)OC[C@@H](COC(=O)CCCCCCCCCC)OC(=O)CCCCCCCCCCCC)OC(=O)CCCCCCCCCCCCCCC(C)C. The third kappa shape index (κ3) is 59.0. The molecule has 0 spiro atoms. The summed E-state index contributed by atoms with van der Waals surface area (Å²) >= 11 is 0. The number of phosphoric ester groups is 2. The molecule has 5 atom stereocenters. The molecule has 0 aromatic rings. The van der Waals surface area contributed by atoms with Gasteiger partial charge >= 0.3 is 39.5 Å². The summed E-state index contributed by atoms with van der Waals surface area (Å²) in [6, 6.07) is 0. The van der Waals surface area contributed by atoms with E-state index in [1.807, 2.05) is 0 Å². The van der Waals surface area contributed by atoms with E-state index in [0.29, 0.717) is 25.7 Å². The quantitative estimate of drug-likeness (QED) is 0.0222. The van der Waals surface area contributed by atoms with Gasteiger partial charge in [-0.15, -0.1) is 0 Å². The first-order valence-electron chi connectivity index (χ1n) is 34.1. The van der Waals surface area contributed by atoms with Crippen LogP contribution in [0, 0.1) is 5.92 Å². The number of carbonyl (C=O) groups excluding carboxylic acids is 4. The molecule has 0 aliphatic heterocycles. The predicted octanol–water partition coefficient (Wildman–Crippen LogP) is 18.2. The lowest BCUT2D eigenvalue weighted by atomic mass is 10.0. The lowest BCUT2D eigenvalue weighted by molar-refractivity contribution is -0.161. The molecule has 0 bridgehead atoms. The Kier molecular flexibility index (Phi) is 57.4. The molecule has 0 fully saturated rings. The van der Waals surface area contributed by atoms with E-state index in [1.54, 1.807) is 0 Å². The highest BCUT2D eigenvalue weighted by molar-refractivity contribution is 7.47. The lowest BCUT2D eigenvalue weighted by Crippen LogP contribution is -2.30. The van der Waals surface area contributed by atoms with Gasteiger partial charge in [-0.05, 0) is 31.6 Å². The second-order valence-corrected chi connectivity index (χ2v) is 26.9. The minimum atomic E-state index is -4.94. The zero-order valence-corrected chi connectivity index (χ0v) is 55.8. The number of aliphatic hydroxyl groups excluding tert-OH is 1. The molecule has 0 aliphatic rings. The largest absolute Gasteiger partial charge is 0.472 e. The zero-order chi connectivity index (χ0) is 62.0. The number of aliphatic hydroxyl groups is 1. The number of phosphoric acid groups is 2. The van der Waals surface area contributed by atoms with Crippen LogP contribution in [-0.4, -0.2) is 96.7 Å². The first kappa shape index (κ1) is 82.1. The molecule has 0 heterocycles. The standard InChI is InChI=1S/C65H126O17P2/c1-6-9-12-15-18-21-25-30-34-39-44-49-63(68)76-55-61(82-65(70)51-46-41-36-31-27-24-23-26-28-32-37-42-47-58(4)5)57-80-84(73,74)78-53-59(66)52-77-83(71,72)79-56-60(54-75-62(67)48-43-38-33-20-17-14-11-8-3)81-64(69)50-45-40-35-29-22-19-16-13-10-7-2/h58-61,66H,6-57H2,1-5H3,(H,71,72)(H,73,74)/t59-,60+,61+/m0/s1. The first-order chi connectivity index (χ1) is 40.5. The Hall–Kier alpha value is -1.94. The van der Waals surface area contributed by atoms with Crippen LogP contribution in [0.1, 0.15) is 330 Å². The minimum absolute atomic E-state index is 0.106. The van der Waals surface area contributed by atoms with Crippen LogP contribution in [0.25, 0.3) is 0 Å². The molecule has 0 aromatic carbocycles. The fraction of sp³-hybridized carbons (Fsp3) is 0.938. The highest BCUT2D eigenvalue weighted by atomic mass is 31.2. The number of hydrogen-bond donors (Lipinski definition) is 3. The fourth-order valence-electron chi connectivity index (χ4n) is 9.76. The number of esters is 4. The van der Waals surface area contributed by atoms with Gasteiger partial charge in [0, 0.05) is 25.7 Å². The molecule has 0 rings (SSSR count). The van der Waals surface area contributed by atoms with Crippen LogP contribution in [0.5, 0.6) is 0 Å². The second-order valence-electron chi connectivity index (χ2n) is 24.0. The summed E-state index contributed by atoms with van der Waals surface area (Å²) in [5.41, 5.74) is 0. The Morgan fingerprint density at radius 3 is 0.810 bits per heavy atom. The third-order valence-electron chi connectivity index (χ3n) is 15.0. The Morgan fingerprint density at radius 2 is 0.548 bits per heavy atom. The Balaban J connectivity index is 5.21. The Morgan fingerprint density at radius 1 is 0.321 bits per heavy atom. The number of hydrogen-bond acceptors (Lipinski definition) is 15. The van der Waals surface area contributed by atoms with Crippen LogP contribution in [0.4, 0.5) is 0 Å². The number of ether oxygens (including phenoxy) is 4. The Labute approximate surface area is 511 Å².